The van der Waals surface area contributed by atoms with Gasteiger partial charge in [0, 0.05) is 6.42 Å². The van der Waals surface area contributed by atoms with Crippen molar-refractivity contribution in [2.75, 3.05) is 0 Å². The molecule has 0 aromatic heterocycles. The van der Waals surface area contributed by atoms with Crippen molar-refractivity contribution in [2.24, 2.45) is 0 Å². The number of carbonyl (C=O) groups excluding carboxylic acids is 2. The molecule has 0 saturated carbocycles. The summed E-state index contributed by atoms with van der Waals surface area (Å²) in [6.45, 7) is 1.70. The molecule has 4 heteroatoms. The maximum Gasteiger partial charge on any atom is 0.322 e. The summed E-state index contributed by atoms with van der Waals surface area (Å²) in [7, 11) is 0. The third-order valence-electron chi connectivity index (χ3n) is 3.12. The van der Waals surface area contributed by atoms with E-state index in [4.69, 9.17) is 0 Å². The van der Waals surface area contributed by atoms with Crippen LogP contribution in [0.5, 0.6) is 0 Å². The van der Waals surface area contributed by atoms with Crippen LogP contribution >= 0.6 is 0 Å². The van der Waals surface area contributed by atoms with Crippen molar-refractivity contribution in [3.8, 4) is 0 Å². The van der Waals surface area contributed by atoms with Gasteiger partial charge in [-0.2, -0.15) is 0 Å². The summed E-state index contributed by atoms with van der Waals surface area (Å²) in [4.78, 5) is 23.2. The molecule has 0 radical (unpaired) electrons. The maximum atomic E-state index is 11.9. The van der Waals surface area contributed by atoms with E-state index < -0.39 is 6.03 Å². The highest BCUT2D eigenvalue weighted by Crippen LogP contribution is 2.21. The van der Waals surface area contributed by atoms with Gasteiger partial charge in [-0.05, 0) is 11.1 Å². The zero-order chi connectivity index (χ0) is 15.1. The van der Waals surface area contributed by atoms with Crippen LogP contribution < -0.4 is 10.6 Å². The molecule has 0 aliphatic rings. The first kappa shape index (κ1) is 14.8. The van der Waals surface area contributed by atoms with Crippen LogP contribution in [-0.4, -0.2) is 11.9 Å². The second kappa shape index (κ2) is 7.24. The van der Waals surface area contributed by atoms with Gasteiger partial charge in [0.15, 0.2) is 0 Å². The largest absolute Gasteiger partial charge is 0.327 e. The fourth-order valence-corrected chi connectivity index (χ4v) is 2.03. The minimum Gasteiger partial charge on any atom is -0.327 e. The van der Waals surface area contributed by atoms with Crippen LogP contribution in [-0.2, 0) is 4.79 Å². The number of amides is 3. The molecule has 0 atom stereocenters. The van der Waals surface area contributed by atoms with E-state index in [9.17, 15) is 9.59 Å². The minimum atomic E-state index is -0.487. The number of imide groups is 1. The molecule has 0 saturated heterocycles. The van der Waals surface area contributed by atoms with E-state index in [1.54, 1.807) is 6.92 Å². The molecular formula is C17H18N2O2. The number of hydrogen-bond donors (Lipinski definition) is 2. The third kappa shape index (κ3) is 4.18. The number of nitrogens with one attached hydrogen (secondary N) is 2. The lowest BCUT2D eigenvalue weighted by molar-refractivity contribution is -0.119. The van der Waals surface area contributed by atoms with Crippen molar-refractivity contribution < 1.29 is 9.59 Å². The summed E-state index contributed by atoms with van der Waals surface area (Å²) in [6, 6.07) is 18.5. The molecule has 21 heavy (non-hydrogen) atoms. The van der Waals surface area contributed by atoms with Gasteiger partial charge in [-0.1, -0.05) is 67.6 Å². The van der Waals surface area contributed by atoms with Crippen LogP contribution in [0.1, 0.15) is 30.5 Å². The zero-order valence-electron chi connectivity index (χ0n) is 11.9. The molecule has 2 aromatic carbocycles. The van der Waals surface area contributed by atoms with Crippen LogP contribution in [0.15, 0.2) is 60.7 Å². The standard InChI is InChI=1S/C17H18N2O2/c1-2-15(20)18-17(21)19-16(13-9-5-3-6-10-13)14-11-7-4-8-12-14/h3-12,16H,2H2,1H3,(H2,18,19,20,21). The first-order chi connectivity index (χ1) is 10.2. The van der Waals surface area contributed by atoms with Crippen molar-refractivity contribution in [3.63, 3.8) is 0 Å². The average Bonchev–Trinajstić information content (AvgIpc) is 2.54. The topological polar surface area (TPSA) is 58.2 Å². The van der Waals surface area contributed by atoms with Gasteiger partial charge in [-0.25, -0.2) is 4.79 Å². The van der Waals surface area contributed by atoms with Crippen LogP contribution in [0.4, 0.5) is 4.79 Å². The number of benzene rings is 2. The monoisotopic (exact) mass is 282 g/mol. The predicted molar refractivity (Wildman–Crippen MR) is 81.7 cm³/mol. The van der Waals surface area contributed by atoms with Gasteiger partial charge in [0.05, 0.1) is 6.04 Å². The third-order valence-corrected chi connectivity index (χ3v) is 3.12. The van der Waals surface area contributed by atoms with Crippen LogP contribution in [0.25, 0.3) is 0 Å². The Morgan fingerprint density at radius 3 is 1.81 bits per heavy atom. The Morgan fingerprint density at radius 2 is 1.38 bits per heavy atom. The number of urea groups is 1. The maximum absolute atomic E-state index is 11.9. The fourth-order valence-electron chi connectivity index (χ4n) is 2.03. The van der Waals surface area contributed by atoms with E-state index in [1.165, 1.54) is 0 Å². The summed E-state index contributed by atoms with van der Waals surface area (Å²) in [5.41, 5.74) is 1.92. The van der Waals surface area contributed by atoms with E-state index >= 15 is 0 Å². The molecule has 3 amide bonds. The van der Waals surface area contributed by atoms with E-state index in [0.717, 1.165) is 11.1 Å². The molecule has 108 valence electrons. The molecule has 0 heterocycles. The summed E-state index contributed by atoms with van der Waals surface area (Å²) in [6.07, 6.45) is 0.273. The quantitative estimate of drug-likeness (QED) is 0.905. The van der Waals surface area contributed by atoms with Crippen molar-refractivity contribution in [2.45, 2.75) is 19.4 Å². The second-order valence-electron chi connectivity index (χ2n) is 4.63. The molecule has 4 nitrogen and oxygen atoms in total. The van der Waals surface area contributed by atoms with Gasteiger partial charge in [0.2, 0.25) is 5.91 Å². The van der Waals surface area contributed by atoms with Gasteiger partial charge in [-0.3, -0.25) is 10.1 Å². The number of rotatable bonds is 4. The lowest BCUT2D eigenvalue weighted by Crippen LogP contribution is -2.41. The first-order valence-electron chi connectivity index (χ1n) is 6.91. The lowest BCUT2D eigenvalue weighted by Gasteiger charge is -2.19. The SMILES string of the molecule is CCC(=O)NC(=O)NC(c1ccccc1)c1ccccc1. The molecule has 0 spiro atoms. The first-order valence-corrected chi connectivity index (χ1v) is 6.91. The van der Waals surface area contributed by atoms with Crippen molar-refractivity contribution in [3.05, 3.63) is 71.8 Å². The summed E-state index contributed by atoms with van der Waals surface area (Å²) < 4.78 is 0. The van der Waals surface area contributed by atoms with E-state index in [-0.39, 0.29) is 18.4 Å². The Hall–Kier alpha value is -2.62. The molecule has 2 aromatic rings. The van der Waals surface area contributed by atoms with Gasteiger partial charge in [-0.15, -0.1) is 0 Å². The van der Waals surface area contributed by atoms with Gasteiger partial charge in [0.1, 0.15) is 0 Å². The van der Waals surface area contributed by atoms with Crippen LogP contribution in [0.3, 0.4) is 0 Å². The molecule has 0 aliphatic carbocycles. The van der Waals surface area contributed by atoms with Crippen molar-refractivity contribution >= 4 is 11.9 Å². The summed E-state index contributed by atoms with van der Waals surface area (Å²) in [5, 5.41) is 5.15. The molecule has 0 unspecified atom stereocenters. The minimum absolute atomic E-state index is 0.273. The van der Waals surface area contributed by atoms with Crippen molar-refractivity contribution in [1.82, 2.24) is 10.6 Å². The molecule has 2 rings (SSSR count). The lowest BCUT2D eigenvalue weighted by atomic mass is 9.99. The molecule has 0 fully saturated rings. The van der Waals surface area contributed by atoms with E-state index in [2.05, 4.69) is 10.6 Å². The average molecular weight is 282 g/mol. The van der Waals surface area contributed by atoms with Gasteiger partial charge < -0.3 is 5.32 Å². The molecule has 0 bridgehead atoms. The van der Waals surface area contributed by atoms with Crippen molar-refractivity contribution in [1.29, 1.82) is 0 Å². The Bertz CT molecular complexity index is 557. The van der Waals surface area contributed by atoms with E-state index in [0.29, 0.717) is 0 Å². The molecular weight excluding hydrogens is 264 g/mol. The summed E-state index contributed by atoms with van der Waals surface area (Å²) in [5.74, 6) is -0.299. The summed E-state index contributed by atoms with van der Waals surface area (Å²) >= 11 is 0. The Morgan fingerprint density at radius 1 is 0.905 bits per heavy atom. The highest BCUT2D eigenvalue weighted by atomic mass is 16.2. The Kier molecular flexibility index (Phi) is 5.10. The number of hydrogen-bond acceptors (Lipinski definition) is 2. The van der Waals surface area contributed by atoms with E-state index in [1.807, 2.05) is 60.7 Å². The molecule has 0 aliphatic heterocycles. The zero-order valence-corrected chi connectivity index (χ0v) is 11.9. The number of carbonyl (C=O) groups is 2. The normalized spacial score (nSPS) is 10.2. The Labute approximate surface area is 124 Å². The highest BCUT2D eigenvalue weighted by molar-refractivity contribution is 5.94. The van der Waals surface area contributed by atoms with Gasteiger partial charge in [0.25, 0.3) is 0 Å². The smallest absolute Gasteiger partial charge is 0.322 e. The Balaban J connectivity index is 2.21. The highest BCUT2D eigenvalue weighted by Gasteiger charge is 2.17. The van der Waals surface area contributed by atoms with Crippen LogP contribution in [0.2, 0.25) is 0 Å². The van der Waals surface area contributed by atoms with Crippen LogP contribution in [0, 0.1) is 0 Å². The van der Waals surface area contributed by atoms with Gasteiger partial charge >= 0.3 is 6.03 Å². The predicted octanol–water partition coefficient (Wildman–Crippen LogP) is 3.01. The molecule has 2 N–H and O–H groups in total. The second-order valence-corrected chi connectivity index (χ2v) is 4.63. The fraction of sp³-hybridized carbons (Fsp3) is 0.176.